The van der Waals surface area contributed by atoms with Gasteiger partial charge in [-0.1, -0.05) is 26.2 Å². The summed E-state index contributed by atoms with van der Waals surface area (Å²) in [6.07, 6.45) is 7.81. The van der Waals surface area contributed by atoms with Gasteiger partial charge in [-0.25, -0.2) is 0 Å². The van der Waals surface area contributed by atoms with E-state index in [2.05, 4.69) is 11.8 Å². The molecule has 1 saturated carbocycles. The van der Waals surface area contributed by atoms with Crippen molar-refractivity contribution < 1.29 is 9.59 Å². The van der Waals surface area contributed by atoms with Crippen LogP contribution >= 0.6 is 0 Å². The summed E-state index contributed by atoms with van der Waals surface area (Å²) in [6.45, 7) is 4.96. The molecule has 0 aromatic rings. The minimum absolute atomic E-state index is 0.0466. The maximum absolute atomic E-state index is 12.5. The van der Waals surface area contributed by atoms with E-state index in [1.165, 1.54) is 32.1 Å². The van der Waals surface area contributed by atoms with Gasteiger partial charge in [-0.05, 0) is 32.2 Å². The summed E-state index contributed by atoms with van der Waals surface area (Å²) >= 11 is 0. The Bertz CT molecular complexity index is 359. The van der Waals surface area contributed by atoms with E-state index in [0.29, 0.717) is 25.7 Å². The second kappa shape index (κ2) is 7.78. The first-order valence-electron chi connectivity index (χ1n) is 8.43. The van der Waals surface area contributed by atoms with Crippen LogP contribution in [-0.4, -0.2) is 53.8 Å². The number of amides is 2. The van der Waals surface area contributed by atoms with Gasteiger partial charge < -0.3 is 10.6 Å². The van der Waals surface area contributed by atoms with Crippen molar-refractivity contribution in [3.05, 3.63) is 0 Å². The van der Waals surface area contributed by atoms with Gasteiger partial charge in [0.1, 0.15) is 0 Å². The van der Waals surface area contributed by atoms with Crippen LogP contribution in [0.5, 0.6) is 0 Å². The molecule has 5 nitrogen and oxygen atoms in total. The molecule has 2 amide bonds. The first kappa shape index (κ1) is 16.3. The lowest BCUT2D eigenvalue weighted by molar-refractivity contribution is -0.136. The standard InChI is InChI=1S/C16H29N3O2/c1-2-18(14-6-4-3-5-7-14)12-15(20)19-10-8-13(9-11-19)16(17)21/h13-14H,2-12H2,1H3,(H2,17,21). The van der Waals surface area contributed by atoms with Crippen molar-refractivity contribution in [2.45, 2.75) is 57.9 Å². The second-order valence-electron chi connectivity index (χ2n) is 6.41. The highest BCUT2D eigenvalue weighted by atomic mass is 16.2. The highest BCUT2D eigenvalue weighted by Gasteiger charge is 2.28. The molecule has 0 atom stereocenters. The molecule has 0 aromatic carbocycles. The number of likely N-dealkylation sites (tertiary alicyclic amines) is 1. The van der Waals surface area contributed by atoms with E-state index in [1.807, 2.05) is 4.90 Å². The number of nitrogens with two attached hydrogens (primary N) is 1. The molecule has 2 fully saturated rings. The predicted octanol–water partition coefficient (Wildman–Crippen LogP) is 1.36. The Balaban J connectivity index is 1.81. The fraction of sp³-hybridized carbons (Fsp3) is 0.875. The smallest absolute Gasteiger partial charge is 0.236 e. The third kappa shape index (κ3) is 4.43. The van der Waals surface area contributed by atoms with Crippen molar-refractivity contribution in [1.82, 2.24) is 9.80 Å². The maximum atomic E-state index is 12.5. The van der Waals surface area contributed by atoms with Gasteiger partial charge in [0.2, 0.25) is 11.8 Å². The van der Waals surface area contributed by atoms with Crippen LogP contribution in [0.1, 0.15) is 51.9 Å². The van der Waals surface area contributed by atoms with Gasteiger partial charge in [-0.2, -0.15) is 0 Å². The normalized spacial score (nSPS) is 21.7. The van der Waals surface area contributed by atoms with Gasteiger partial charge in [-0.3, -0.25) is 14.5 Å². The van der Waals surface area contributed by atoms with Crippen LogP contribution in [0.2, 0.25) is 0 Å². The number of piperidine rings is 1. The van der Waals surface area contributed by atoms with E-state index < -0.39 is 0 Å². The third-order valence-electron chi connectivity index (χ3n) is 5.09. The summed E-state index contributed by atoms with van der Waals surface area (Å²) in [6, 6.07) is 0.579. The van der Waals surface area contributed by atoms with Gasteiger partial charge in [0.25, 0.3) is 0 Å². The highest BCUT2D eigenvalue weighted by Crippen LogP contribution is 2.23. The van der Waals surface area contributed by atoms with Crippen molar-refractivity contribution >= 4 is 11.8 Å². The number of carbonyl (C=O) groups excluding carboxylic acids is 2. The molecule has 120 valence electrons. The molecule has 0 unspecified atom stereocenters. The lowest BCUT2D eigenvalue weighted by Crippen LogP contribution is -2.48. The van der Waals surface area contributed by atoms with Crippen molar-refractivity contribution in [2.75, 3.05) is 26.2 Å². The summed E-state index contributed by atoms with van der Waals surface area (Å²) in [5.41, 5.74) is 5.34. The summed E-state index contributed by atoms with van der Waals surface area (Å²) in [7, 11) is 0. The van der Waals surface area contributed by atoms with E-state index in [1.54, 1.807) is 0 Å². The van der Waals surface area contributed by atoms with Crippen LogP contribution < -0.4 is 5.73 Å². The number of hydrogen-bond donors (Lipinski definition) is 1. The number of likely N-dealkylation sites (N-methyl/N-ethyl adjacent to an activating group) is 1. The Labute approximate surface area is 127 Å². The summed E-state index contributed by atoms with van der Waals surface area (Å²) < 4.78 is 0. The summed E-state index contributed by atoms with van der Waals surface area (Å²) in [5, 5.41) is 0. The Morgan fingerprint density at radius 1 is 1.10 bits per heavy atom. The Morgan fingerprint density at radius 2 is 1.71 bits per heavy atom. The first-order chi connectivity index (χ1) is 10.1. The zero-order chi connectivity index (χ0) is 15.2. The Kier molecular flexibility index (Phi) is 6.03. The van der Waals surface area contributed by atoms with Crippen LogP contribution in [0.25, 0.3) is 0 Å². The number of primary amides is 1. The van der Waals surface area contributed by atoms with Crippen LogP contribution in [-0.2, 0) is 9.59 Å². The fourth-order valence-corrected chi connectivity index (χ4v) is 3.63. The minimum Gasteiger partial charge on any atom is -0.369 e. The van der Waals surface area contributed by atoms with E-state index in [0.717, 1.165) is 19.4 Å². The minimum atomic E-state index is -0.223. The second-order valence-corrected chi connectivity index (χ2v) is 6.41. The van der Waals surface area contributed by atoms with Gasteiger partial charge in [0.05, 0.1) is 6.54 Å². The van der Waals surface area contributed by atoms with E-state index in [9.17, 15) is 9.59 Å². The van der Waals surface area contributed by atoms with E-state index in [-0.39, 0.29) is 17.7 Å². The van der Waals surface area contributed by atoms with Crippen LogP contribution in [0.4, 0.5) is 0 Å². The monoisotopic (exact) mass is 295 g/mol. The zero-order valence-corrected chi connectivity index (χ0v) is 13.2. The van der Waals surface area contributed by atoms with Crippen molar-refractivity contribution in [2.24, 2.45) is 11.7 Å². The van der Waals surface area contributed by atoms with Crippen LogP contribution in [0.15, 0.2) is 0 Å². The first-order valence-corrected chi connectivity index (χ1v) is 8.43. The molecule has 5 heteroatoms. The summed E-state index contributed by atoms with van der Waals surface area (Å²) in [4.78, 5) is 27.9. The lowest BCUT2D eigenvalue weighted by Gasteiger charge is -2.36. The average molecular weight is 295 g/mol. The molecule has 2 rings (SSSR count). The predicted molar refractivity (Wildman–Crippen MR) is 82.6 cm³/mol. The molecule has 1 aliphatic heterocycles. The molecule has 0 spiro atoms. The molecule has 21 heavy (non-hydrogen) atoms. The largest absolute Gasteiger partial charge is 0.369 e. The van der Waals surface area contributed by atoms with Crippen molar-refractivity contribution in [3.63, 3.8) is 0 Å². The van der Waals surface area contributed by atoms with Crippen LogP contribution in [0, 0.1) is 5.92 Å². The van der Waals surface area contributed by atoms with Gasteiger partial charge in [-0.15, -0.1) is 0 Å². The highest BCUT2D eigenvalue weighted by molar-refractivity contribution is 5.80. The van der Waals surface area contributed by atoms with Crippen molar-refractivity contribution in [3.8, 4) is 0 Å². The zero-order valence-electron chi connectivity index (χ0n) is 13.2. The van der Waals surface area contributed by atoms with Gasteiger partial charge in [0, 0.05) is 25.0 Å². The van der Waals surface area contributed by atoms with E-state index in [4.69, 9.17) is 5.73 Å². The molecule has 1 saturated heterocycles. The Morgan fingerprint density at radius 3 is 2.24 bits per heavy atom. The third-order valence-corrected chi connectivity index (χ3v) is 5.09. The SMILES string of the molecule is CCN(CC(=O)N1CCC(C(N)=O)CC1)C1CCCCC1. The number of rotatable bonds is 5. The quantitative estimate of drug-likeness (QED) is 0.833. The summed E-state index contributed by atoms with van der Waals surface area (Å²) in [5.74, 6) is -0.0560. The fourth-order valence-electron chi connectivity index (χ4n) is 3.63. The molecule has 1 heterocycles. The molecule has 0 radical (unpaired) electrons. The molecular formula is C16H29N3O2. The maximum Gasteiger partial charge on any atom is 0.236 e. The van der Waals surface area contributed by atoms with Gasteiger partial charge in [0.15, 0.2) is 0 Å². The number of nitrogens with zero attached hydrogens (tertiary/aromatic N) is 2. The van der Waals surface area contributed by atoms with Crippen molar-refractivity contribution in [1.29, 1.82) is 0 Å². The molecule has 1 aliphatic carbocycles. The van der Waals surface area contributed by atoms with Gasteiger partial charge >= 0.3 is 0 Å². The average Bonchev–Trinajstić information content (AvgIpc) is 2.53. The molecule has 2 aliphatic rings. The van der Waals surface area contributed by atoms with E-state index >= 15 is 0 Å². The van der Waals surface area contributed by atoms with Crippen LogP contribution in [0.3, 0.4) is 0 Å². The number of carbonyl (C=O) groups is 2. The molecule has 0 bridgehead atoms. The topological polar surface area (TPSA) is 66.6 Å². The molecular weight excluding hydrogens is 266 g/mol. The molecule has 0 aromatic heterocycles. The Hall–Kier alpha value is -1.10. The lowest BCUT2D eigenvalue weighted by atomic mass is 9.94. The molecule has 2 N–H and O–H groups in total. The number of hydrogen-bond acceptors (Lipinski definition) is 3.